The lowest BCUT2D eigenvalue weighted by atomic mass is 10.1. The number of halogens is 2. The van der Waals surface area contributed by atoms with Crippen LogP contribution in [0.5, 0.6) is 0 Å². The van der Waals surface area contributed by atoms with E-state index in [1.165, 1.54) is 12.1 Å². The molecule has 4 aromatic rings. The van der Waals surface area contributed by atoms with Gasteiger partial charge in [-0.05, 0) is 60.0 Å². The molecule has 0 aliphatic heterocycles. The Bertz CT molecular complexity index is 1200. The van der Waals surface area contributed by atoms with Gasteiger partial charge >= 0.3 is 0 Å². The SMILES string of the molecule is O=C(NCCc1ccc(Cl)cc1)c1cccc(Nc2ncc(-c3ccc(F)cc3)cn2)c1. The van der Waals surface area contributed by atoms with E-state index < -0.39 is 0 Å². The monoisotopic (exact) mass is 446 g/mol. The highest BCUT2D eigenvalue weighted by Gasteiger charge is 2.07. The summed E-state index contributed by atoms with van der Waals surface area (Å²) in [4.78, 5) is 21.1. The highest BCUT2D eigenvalue weighted by molar-refractivity contribution is 6.30. The van der Waals surface area contributed by atoms with E-state index in [2.05, 4.69) is 20.6 Å². The Balaban J connectivity index is 1.35. The molecule has 7 heteroatoms. The lowest BCUT2D eigenvalue weighted by Crippen LogP contribution is -2.25. The van der Waals surface area contributed by atoms with E-state index >= 15 is 0 Å². The number of hydrogen-bond acceptors (Lipinski definition) is 4. The number of amides is 1. The quantitative estimate of drug-likeness (QED) is 0.385. The van der Waals surface area contributed by atoms with Gasteiger partial charge in [0.15, 0.2) is 0 Å². The van der Waals surface area contributed by atoms with Gasteiger partial charge in [0, 0.05) is 40.8 Å². The molecule has 0 fully saturated rings. The van der Waals surface area contributed by atoms with Crippen LogP contribution in [-0.2, 0) is 6.42 Å². The number of nitrogens with one attached hydrogen (secondary N) is 2. The number of rotatable bonds is 7. The maximum Gasteiger partial charge on any atom is 0.251 e. The molecule has 1 amide bonds. The summed E-state index contributed by atoms with van der Waals surface area (Å²) in [5.74, 6) is -0.0480. The molecule has 32 heavy (non-hydrogen) atoms. The zero-order chi connectivity index (χ0) is 22.3. The molecule has 0 radical (unpaired) electrons. The van der Waals surface area contributed by atoms with Gasteiger partial charge < -0.3 is 10.6 Å². The Kier molecular flexibility index (Phi) is 6.72. The van der Waals surface area contributed by atoms with Gasteiger partial charge in [-0.3, -0.25) is 4.79 Å². The molecule has 0 bridgehead atoms. The van der Waals surface area contributed by atoms with E-state index in [-0.39, 0.29) is 11.7 Å². The molecule has 0 aliphatic carbocycles. The topological polar surface area (TPSA) is 66.9 Å². The first-order chi connectivity index (χ1) is 15.6. The summed E-state index contributed by atoms with van der Waals surface area (Å²) in [6.45, 7) is 0.520. The molecule has 1 heterocycles. The molecule has 1 aromatic heterocycles. The summed E-state index contributed by atoms with van der Waals surface area (Å²) < 4.78 is 13.1. The van der Waals surface area contributed by atoms with Crippen LogP contribution in [0.15, 0.2) is 85.2 Å². The number of hydrogen-bond donors (Lipinski definition) is 2. The first-order valence-electron chi connectivity index (χ1n) is 10.0. The second kappa shape index (κ2) is 10.0. The van der Waals surface area contributed by atoms with Crippen LogP contribution in [0.1, 0.15) is 15.9 Å². The van der Waals surface area contributed by atoms with Crippen LogP contribution in [0, 0.1) is 5.82 Å². The van der Waals surface area contributed by atoms with E-state index in [0.717, 1.165) is 23.1 Å². The molecule has 2 N–H and O–H groups in total. The van der Waals surface area contributed by atoms with Crippen molar-refractivity contribution in [3.8, 4) is 11.1 Å². The average Bonchev–Trinajstić information content (AvgIpc) is 2.81. The van der Waals surface area contributed by atoms with Crippen LogP contribution in [0.2, 0.25) is 5.02 Å². The lowest BCUT2D eigenvalue weighted by Gasteiger charge is -2.09. The zero-order valence-corrected chi connectivity index (χ0v) is 17.8. The van der Waals surface area contributed by atoms with Crippen LogP contribution in [0.4, 0.5) is 16.0 Å². The van der Waals surface area contributed by atoms with Crippen molar-refractivity contribution in [1.29, 1.82) is 0 Å². The van der Waals surface area contributed by atoms with Crippen LogP contribution in [0.3, 0.4) is 0 Å². The van der Waals surface area contributed by atoms with Gasteiger partial charge in [0.2, 0.25) is 5.95 Å². The normalized spacial score (nSPS) is 10.6. The molecule has 0 saturated carbocycles. The minimum absolute atomic E-state index is 0.157. The molecular formula is C25H20ClFN4O. The van der Waals surface area contributed by atoms with Crippen LogP contribution < -0.4 is 10.6 Å². The van der Waals surface area contributed by atoms with Crippen molar-refractivity contribution in [3.05, 3.63) is 107 Å². The molecule has 5 nitrogen and oxygen atoms in total. The van der Waals surface area contributed by atoms with Crippen molar-refractivity contribution in [2.75, 3.05) is 11.9 Å². The molecule has 4 rings (SSSR count). The summed E-state index contributed by atoms with van der Waals surface area (Å²) in [5, 5.41) is 6.72. The van der Waals surface area contributed by atoms with Crippen molar-refractivity contribution in [2.45, 2.75) is 6.42 Å². The van der Waals surface area contributed by atoms with Crippen molar-refractivity contribution >= 4 is 29.1 Å². The maximum atomic E-state index is 13.1. The predicted molar refractivity (Wildman–Crippen MR) is 125 cm³/mol. The third-order valence-corrected chi connectivity index (χ3v) is 5.07. The van der Waals surface area contributed by atoms with E-state index in [1.54, 1.807) is 42.7 Å². The second-order valence-electron chi connectivity index (χ2n) is 7.14. The molecule has 0 atom stereocenters. The molecule has 160 valence electrons. The van der Waals surface area contributed by atoms with Crippen molar-refractivity contribution < 1.29 is 9.18 Å². The lowest BCUT2D eigenvalue weighted by molar-refractivity contribution is 0.0954. The van der Waals surface area contributed by atoms with Crippen molar-refractivity contribution in [1.82, 2.24) is 15.3 Å². The number of nitrogens with zero attached hydrogens (tertiary/aromatic N) is 2. The Labute approximate surface area is 190 Å². The van der Waals surface area contributed by atoms with Gasteiger partial charge in [-0.15, -0.1) is 0 Å². The number of anilines is 2. The van der Waals surface area contributed by atoms with Crippen molar-refractivity contribution in [2.24, 2.45) is 0 Å². The van der Waals surface area contributed by atoms with E-state index in [9.17, 15) is 9.18 Å². The summed E-state index contributed by atoms with van der Waals surface area (Å²) in [6.07, 6.45) is 4.04. The van der Waals surface area contributed by atoms with Crippen LogP contribution in [-0.4, -0.2) is 22.4 Å². The van der Waals surface area contributed by atoms with Gasteiger partial charge in [-0.1, -0.05) is 41.9 Å². The summed E-state index contributed by atoms with van der Waals surface area (Å²) >= 11 is 5.89. The molecular weight excluding hydrogens is 427 g/mol. The standard InChI is InChI=1S/C25H20ClFN4O/c26-21-8-4-17(5-9-21)12-13-28-24(32)19-2-1-3-23(14-19)31-25-29-15-20(16-30-25)18-6-10-22(27)11-7-18/h1-11,14-16H,12-13H2,(H,28,32)(H,29,30,31). The van der Waals surface area contributed by atoms with E-state index in [1.807, 2.05) is 30.3 Å². The van der Waals surface area contributed by atoms with Crippen molar-refractivity contribution in [3.63, 3.8) is 0 Å². The molecule has 0 spiro atoms. The van der Waals surface area contributed by atoms with Gasteiger partial charge in [-0.25, -0.2) is 14.4 Å². The Morgan fingerprint density at radius 2 is 1.62 bits per heavy atom. The number of carbonyl (C=O) groups excluding carboxylic acids is 1. The zero-order valence-electron chi connectivity index (χ0n) is 17.1. The summed E-state index contributed by atoms with van der Waals surface area (Å²) in [6, 6.07) is 20.8. The minimum atomic E-state index is -0.290. The third kappa shape index (κ3) is 5.68. The largest absolute Gasteiger partial charge is 0.352 e. The minimum Gasteiger partial charge on any atom is -0.352 e. The molecule has 0 saturated heterocycles. The fourth-order valence-electron chi connectivity index (χ4n) is 3.12. The fourth-order valence-corrected chi connectivity index (χ4v) is 3.25. The smallest absolute Gasteiger partial charge is 0.251 e. The Morgan fingerprint density at radius 3 is 2.34 bits per heavy atom. The second-order valence-corrected chi connectivity index (χ2v) is 7.58. The van der Waals surface area contributed by atoms with Crippen LogP contribution in [0.25, 0.3) is 11.1 Å². The highest BCUT2D eigenvalue weighted by Crippen LogP contribution is 2.20. The number of aromatic nitrogens is 2. The van der Waals surface area contributed by atoms with Crippen LogP contribution >= 0.6 is 11.6 Å². The highest BCUT2D eigenvalue weighted by atomic mass is 35.5. The predicted octanol–water partition coefficient (Wildman–Crippen LogP) is 5.65. The molecule has 0 aliphatic rings. The number of benzene rings is 3. The Morgan fingerprint density at radius 1 is 0.906 bits per heavy atom. The first-order valence-corrected chi connectivity index (χ1v) is 10.4. The fraction of sp³-hybridized carbons (Fsp3) is 0.0800. The maximum absolute atomic E-state index is 13.1. The number of carbonyl (C=O) groups is 1. The van der Waals surface area contributed by atoms with Gasteiger partial charge in [0.05, 0.1) is 0 Å². The summed E-state index contributed by atoms with van der Waals surface area (Å²) in [5.41, 5.74) is 3.95. The van der Waals surface area contributed by atoms with Gasteiger partial charge in [0.1, 0.15) is 5.82 Å². The third-order valence-electron chi connectivity index (χ3n) is 4.82. The van der Waals surface area contributed by atoms with Gasteiger partial charge in [-0.2, -0.15) is 0 Å². The molecule has 3 aromatic carbocycles. The first kappa shape index (κ1) is 21.5. The van der Waals surface area contributed by atoms with E-state index in [4.69, 9.17) is 11.6 Å². The van der Waals surface area contributed by atoms with E-state index in [0.29, 0.717) is 28.8 Å². The summed E-state index contributed by atoms with van der Waals surface area (Å²) in [7, 11) is 0. The molecule has 0 unspecified atom stereocenters. The average molecular weight is 447 g/mol. The Hall–Kier alpha value is -3.77. The van der Waals surface area contributed by atoms with Gasteiger partial charge in [0.25, 0.3) is 5.91 Å².